The van der Waals surface area contributed by atoms with Crippen LogP contribution in [0.2, 0.25) is 0 Å². The molecular formula is C24H34N2O4S. The van der Waals surface area contributed by atoms with Crippen molar-refractivity contribution in [2.75, 3.05) is 25.0 Å². The van der Waals surface area contributed by atoms with Gasteiger partial charge in [0.1, 0.15) is 0 Å². The second-order valence-corrected chi connectivity index (χ2v) is 9.63. The lowest BCUT2D eigenvalue weighted by molar-refractivity contribution is 0.185. The summed E-state index contributed by atoms with van der Waals surface area (Å²) in [6.45, 7) is 5.34. The van der Waals surface area contributed by atoms with Crippen molar-refractivity contribution < 1.29 is 17.9 Å². The lowest BCUT2D eigenvalue weighted by Crippen LogP contribution is -2.33. The van der Waals surface area contributed by atoms with Crippen LogP contribution in [0.3, 0.4) is 0 Å². The molecule has 0 aliphatic heterocycles. The summed E-state index contributed by atoms with van der Waals surface area (Å²) >= 11 is 0. The van der Waals surface area contributed by atoms with Gasteiger partial charge in [-0.25, -0.2) is 8.42 Å². The predicted molar refractivity (Wildman–Crippen MR) is 124 cm³/mol. The molecule has 0 bridgehead atoms. The van der Waals surface area contributed by atoms with Crippen molar-refractivity contribution in [2.24, 2.45) is 0 Å². The molecule has 1 N–H and O–H groups in total. The molecule has 0 saturated heterocycles. The monoisotopic (exact) mass is 446 g/mol. The highest BCUT2D eigenvalue weighted by Gasteiger charge is 2.21. The van der Waals surface area contributed by atoms with Crippen LogP contribution >= 0.6 is 0 Å². The summed E-state index contributed by atoms with van der Waals surface area (Å²) < 4.78 is 40.2. The Balaban J connectivity index is 1.81. The summed E-state index contributed by atoms with van der Waals surface area (Å²) in [5, 5.41) is 0. The quantitative estimate of drug-likeness (QED) is 0.553. The number of hydrogen-bond donors (Lipinski definition) is 1. The smallest absolute Gasteiger partial charge is 0.262 e. The highest BCUT2D eigenvalue weighted by molar-refractivity contribution is 7.92. The second kappa shape index (κ2) is 10.9. The Bertz CT molecular complexity index is 956. The van der Waals surface area contributed by atoms with Crippen LogP contribution in [0.4, 0.5) is 5.69 Å². The van der Waals surface area contributed by atoms with E-state index >= 15 is 0 Å². The normalized spacial score (nSPS) is 15.1. The van der Waals surface area contributed by atoms with Crippen molar-refractivity contribution in [2.45, 2.75) is 63.4 Å². The average molecular weight is 447 g/mol. The fraction of sp³-hybridized carbons (Fsp3) is 0.500. The molecule has 0 atom stereocenters. The van der Waals surface area contributed by atoms with E-state index in [2.05, 4.69) is 16.7 Å². The van der Waals surface area contributed by atoms with Crippen LogP contribution < -0.4 is 14.2 Å². The molecule has 2 aromatic rings. The molecule has 31 heavy (non-hydrogen) atoms. The van der Waals surface area contributed by atoms with Crippen molar-refractivity contribution in [1.82, 2.24) is 4.90 Å². The topological polar surface area (TPSA) is 67.9 Å². The minimum Gasteiger partial charge on any atom is -0.490 e. The van der Waals surface area contributed by atoms with Gasteiger partial charge in [-0.2, -0.15) is 0 Å². The highest BCUT2D eigenvalue weighted by Crippen LogP contribution is 2.32. The third-order valence-corrected chi connectivity index (χ3v) is 7.07. The van der Waals surface area contributed by atoms with Gasteiger partial charge in [-0.05, 0) is 57.5 Å². The molecule has 6 nitrogen and oxygen atoms in total. The van der Waals surface area contributed by atoms with E-state index in [0.29, 0.717) is 43.0 Å². The van der Waals surface area contributed by atoms with Crippen molar-refractivity contribution in [3.8, 4) is 11.5 Å². The van der Waals surface area contributed by atoms with Crippen LogP contribution in [0.1, 0.15) is 51.5 Å². The van der Waals surface area contributed by atoms with E-state index < -0.39 is 10.0 Å². The molecule has 0 radical (unpaired) electrons. The molecule has 2 aromatic carbocycles. The maximum Gasteiger partial charge on any atom is 0.262 e. The van der Waals surface area contributed by atoms with Crippen molar-refractivity contribution >= 4 is 15.7 Å². The summed E-state index contributed by atoms with van der Waals surface area (Å²) in [6, 6.07) is 12.9. The average Bonchev–Trinajstić information content (AvgIpc) is 2.77. The zero-order valence-corrected chi connectivity index (χ0v) is 19.6. The molecular weight excluding hydrogens is 412 g/mol. The van der Waals surface area contributed by atoms with Gasteiger partial charge in [0.05, 0.1) is 23.8 Å². The lowest BCUT2D eigenvalue weighted by atomic mass is 9.94. The number of nitrogens with one attached hydrogen (secondary N) is 1. The van der Waals surface area contributed by atoms with E-state index in [1.807, 2.05) is 38.1 Å². The number of hydrogen-bond acceptors (Lipinski definition) is 5. The van der Waals surface area contributed by atoms with Gasteiger partial charge in [0.15, 0.2) is 11.5 Å². The molecule has 3 rings (SSSR count). The number of sulfonamides is 1. The van der Waals surface area contributed by atoms with Crippen molar-refractivity contribution in [1.29, 1.82) is 0 Å². The van der Waals surface area contributed by atoms with Crippen molar-refractivity contribution in [3.63, 3.8) is 0 Å². The number of rotatable bonds is 10. The maximum absolute atomic E-state index is 13.1. The summed E-state index contributed by atoms with van der Waals surface area (Å²) in [5.74, 6) is 0.968. The summed E-state index contributed by atoms with van der Waals surface area (Å²) in [4.78, 5) is 2.49. The Kier molecular flexibility index (Phi) is 8.21. The first-order valence-electron chi connectivity index (χ1n) is 11.1. The fourth-order valence-corrected chi connectivity index (χ4v) is 5.20. The zero-order chi connectivity index (χ0) is 22.3. The van der Waals surface area contributed by atoms with E-state index in [9.17, 15) is 8.42 Å². The van der Waals surface area contributed by atoms with Crippen LogP contribution in [-0.4, -0.2) is 39.6 Å². The molecule has 1 aliphatic carbocycles. The Morgan fingerprint density at radius 3 is 2.35 bits per heavy atom. The maximum atomic E-state index is 13.1. The first-order valence-corrected chi connectivity index (χ1v) is 12.6. The highest BCUT2D eigenvalue weighted by atomic mass is 32.2. The number of anilines is 1. The SMILES string of the molecule is CCOc1ccc(S(=O)(=O)Nc2ccccc2CN(C)C2CCCCC2)cc1OCC. The Morgan fingerprint density at radius 2 is 1.65 bits per heavy atom. The van der Waals surface area contributed by atoms with Gasteiger partial charge in [0.25, 0.3) is 10.0 Å². The summed E-state index contributed by atoms with van der Waals surface area (Å²) in [5.41, 5.74) is 1.58. The van der Waals surface area contributed by atoms with Gasteiger partial charge < -0.3 is 9.47 Å². The first kappa shape index (κ1) is 23.4. The third-order valence-electron chi connectivity index (χ3n) is 5.70. The molecule has 170 valence electrons. The molecule has 1 fully saturated rings. The van der Waals surface area contributed by atoms with Crippen LogP contribution in [-0.2, 0) is 16.6 Å². The first-order chi connectivity index (χ1) is 14.9. The van der Waals surface area contributed by atoms with E-state index in [1.165, 1.54) is 38.2 Å². The van der Waals surface area contributed by atoms with Gasteiger partial charge in [0, 0.05) is 18.7 Å². The standard InChI is InChI=1S/C24H34N2O4S/c1-4-29-23-16-15-21(17-24(23)30-5-2)31(27,28)25-22-14-10-9-11-19(22)18-26(3)20-12-7-6-8-13-20/h9-11,14-17,20,25H,4-8,12-13,18H2,1-3H3. The summed E-state index contributed by atoms with van der Waals surface area (Å²) in [7, 11) is -1.65. The lowest BCUT2D eigenvalue weighted by Gasteiger charge is -2.31. The molecule has 1 aliphatic rings. The Morgan fingerprint density at radius 1 is 0.968 bits per heavy atom. The second-order valence-electron chi connectivity index (χ2n) is 7.94. The zero-order valence-electron chi connectivity index (χ0n) is 18.8. The van der Waals surface area contributed by atoms with Gasteiger partial charge in [-0.15, -0.1) is 0 Å². The van der Waals surface area contributed by atoms with Crippen LogP contribution in [0.5, 0.6) is 11.5 Å². The molecule has 0 spiro atoms. The number of benzene rings is 2. The fourth-order valence-electron chi connectivity index (χ4n) is 4.08. The van der Waals surface area contributed by atoms with E-state index in [1.54, 1.807) is 12.1 Å². The van der Waals surface area contributed by atoms with Crippen LogP contribution in [0.15, 0.2) is 47.4 Å². The van der Waals surface area contributed by atoms with Crippen molar-refractivity contribution in [3.05, 3.63) is 48.0 Å². The summed E-state index contributed by atoms with van der Waals surface area (Å²) in [6.07, 6.45) is 6.26. The third kappa shape index (κ3) is 6.14. The molecule has 0 aromatic heterocycles. The molecule has 0 unspecified atom stereocenters. The number of nitrogens with zero attached hydrogens (tertiary/aromatic N) is 1. The van der Waals surface area contributed by atoms with Gasteiger partial charge >= 0.3 is 0 Å². The number of ether oxygens (including phenoxy) is 2. The molecule has 1 saturated carbocycles. The minimum absolute atomic E-state index is 0.148. The van der Waals surface area contributed by atoms with Gasteiger partial charge in [-0.1, -0.05) is 37.5 Å². The molecule has 0 heterocycles. The Labute approximate surface area is 186 Å². The van der Waals surface area contributed by atoms with Gasteiger partial charge in [-0.3, -0.25) is 9.62 Å². The van der Waals surface area contributed by atoms with Gasteiger partial charge in [0.2, 0.25) is 0 Å². The number of para-hydroxylation sites is 1. The van der Waals surface area contributed by atoms with E-state index in [0.717, 1.165) is 5.56 Å². The largest absolute Gasteiger partial charge is 0.490 e. The van der Waals surface area contributed by atoms with E-state index in [4.69, 9.17) is 9.47 Å². The Hall–Kier alpha value is -2.25. The van der Waals surface area contributed by atoms with E-state index in [-0.39, 0.29) is 4.90 Å². The minimum atomic E-state index is -3.77. The van der Waals surface area contributed by atoms with Crippen LogP contribution in [0.25, 0.3) is 0 Å². The molecule has 7 heteroatoms. The molecule has 0 amide bonds. The predicted octanol–water partition coefficient (Wildman–Crippen LogP) is 5.05. The van der Waals surface area contributed by atoms with Crippen LogP contribution in [0, 0.1) is 0 Å².